The fourth-order valence-corrected chi connectivity index (χ4v) is 3.59. The Morgan fingerprint density at radius 1 is 0.935 bits per heavy atom. The van der Waals surface area contributed by atoms with Gasteiger partial charge >= 0.3 is 5.69 Å². The zero-order chi connectivity index (χ0) is 22.8. The molecule has 162 valence electrons. The van der Waals surface area contributed by atoms with Gasteiger partial charge < -0.3 is 4.98 Å². The molecule has 0 saturated carbocycles. The van der Waals surface area contributed by atoms with Gasteiger partial charge in [-0.25, -0.2) is 13.2 Å². The summed E-state index contributed by atoms with van der Waals surface area (Å²) in [4.78, 5) is 28.4. The van der Waals surface area contributed by atoms with Crippen molar-refractivity contribution in [3.05, 3.63) is 86.2 Å². The van der Waals surface area contributed by atoms with Crippen LogP contribution in [0.1, 0.15) is 37.5 Å². The summed E-state index contributed by atoms with van der Waals surface area (Å²) >= 11 is 0. The molecule has 0 spiro atoms. The van der Waals surface area contributed by atoms with Crippen molar-refractivity contribution in [1.29, 1.82) is 0 Å². The monoisotopic (exact) mass is 439 g/mol. The molecule has 0 atom stereocenters. The predicted octanol–water partition coefficient (Wildman–Crippen LogP) is 3.57. The third-order valence-electron chi connectivity index (χ3n) is 4.63. The molecule has 2 aromatic carbocycles. The number of hydrogen-bond donors (Lipinski definition) is 3. The van der Waals surface area contributed by atoms with Gasteiger partial charge in [0.2, 0.25) is 10.0 Å². The minimum atomic E-state index is -3.32. The van der Waals surface area contributed by atoms with Crippen molar-refractivity contribution in [2.75, 3.05) is 11.0 Å². The maximum Gasteiger partial charge on any atom is 0.325 e. The molecular weight excluding hydrogens is 414 g/mol. The Balaban J connectivity index is 1.98. The Morgan fingerprint density at radius 3 is 2.16 bits per heavy atom. The van der Waals surface area contributed by atoms with E-state index in [1.165, 1.54) is 6.20 Å². The molecule has 1 heterocycles. The number of anilines is 1. The number of nitrogens with one attached hydrogen (secondary N) is 3. The van der Waals surface area contributed by atoms with Gasteiger partial charge in [-0.3, -0.25) is 14.5 Å². The summed E-state index contributed by atoms with van der Waals surface area (Å²) in [6, 6.07) is 12.9. The number of sulfonamides is 1. The van der Waals surface area contributed by atoms with Crippen LogP contribution in [0.25, 0.3) is 23.3 Å². The molecule has 0 unspecified atom stereocenters. The van der Waals surface area contributed by atoms with Crippen molar-refractivity contribution in [3.63, 3.8) is 0 Å². The first-order valence-corrected chi connectivity index (χ1v) is 11.5. The average Bonchev–Trinajstić information content (AvgIpc) is 2.65. The minimum absolute atomic E-state index is 0.146. The minimum Gasteiger partial charge on any atom is -0.313 e. The Hall–Kier alpha value is -3.39. The Labute approximate surface area is 180 Å². The quantitative estimate of drug-likeness (QED) is 0.528. The lowest BCUT2D eigenvalue weighted by Gasteiger charge is -2.21. The second kappa shape index (κ2) is 8.39. The molecule has 3 N–H and O–H groups in total. The van der Waals surface area contributed by atoms with Crippen molar-refractivity contribution >= 4 is 27.9 Å². The summed E-state index contributed by atoms with van der Waals surface area (Å²) in [6.07, 6.45) is 6.36. The first kappa shape index (κ1) is 22.3. The van der Waals surface area contributed by atoms with E-state index in [2.05, 4.69) is 41.5 Å². The number of rotatable bonds is 5. The molecule has 3 rings (SSSR count). The van der Waals surface area contributed by atoms with Crippen molar-refractivity contribution in [2.24, 2.45) is 0 Å². The van der Waals surface area contributed by atoms with E-state index in [9.17, 15) is 18.0 Å². The lowest BCUT2D eigenvalue weighted by atomic mass is 9.84. The zero-order valence-corrected chi connectivity index (χ0v) is 18.6. The van der Waals surface area contributed by atoms with E-state index in [0.29, 0.717) is 16.8 Å². The molecule has 31 heavy (non-hydrogen) atoms. The van der Waals surface area contributed by atoms with Gasteiger partial charge in [0.1, 0.15) is 0 Å². The standard InChI is InChI=1S/C23H25N3O4S/c1-23(2,3)18-12-16(11-17(13-18)20-14-24-22(28)25-21(20)27)6-5-15-7-9-19(10-8-15)26-31(4,29)30/h5-14,26H,1-4H3,(H2,24,25,27,28). The van der Waals surface area contributed by atoms with E-state index in [1.807, 2.05) is 36.4 Å². The Bertz CT molecular complexity index is 1340. The number of aromatic amines is 2. The molecule has 0 fully saturated rings. The molecule has 8 heteroatoms. The fraction of sp³-hybridized carbons (Fsp3) is 0.217. The predicted molar refractivity (Wildman–Crippen MR) is 126 cm³/mol. The summed E-state index contributed by atoms with van der Waals surface area (Å²) in [5.74, 6) is 0. The number of benzene rings is 2. The summed E-state index contributed by atoms with van der Waals surface area (Å²) in [5, 5.41) is 0. The number of aromatic nitrogens is 2. The van der Waals surface area contributed by atoms with Crippen LogP contribution in [-0.2, 0) is 15.4 Å². The normalized spacial score (nSPS) is 12.3. The van der Waals surface area contributed by atoms with E-state index in [-0.39, 0.29) is 5.41 Å². The molecule has 0 bridgehead atoms. The summed E-state index contributed by atoms with van der Waals surface area (Å²) in [6.45, 7) is 6.26. The Morgan fingerprint density at radius 2 is 1.58 bits per heavy atom. The van der Waals surface area contributed by atoms with Gasteiger partial charge in [0.05, 0.1) is 11.8 Å². The largest absolute Gasteiger partial charge is 0.325 e. The summed E-state index contributed by atoms with van der Waals surface area (Å²) in [5.41, 5.74) is 3.28. The molecule has 0 radical (unpaired) electrons. The lowest BCUT2D eigenvalue weighted by molar-refractivity contribution is 0.590. The highest BCUT2D eigenvalue weighted by Gasteiger charge is 2.16. The molecule has 7 nitrogen and oxygen atoms in total. The van der Waals surface area contributed by atoms with Gasteiger partial charge in [0, 0.05) is 11.9 Å². The van der Waals surface area contributed by atoms with Crippen LogP contribution in [-0.4, -0.2) is 24.6 Å². The summed E-state index contributed by atoms with van der Waals surface area (Å²) in [7, 11) is -3.32. The van der Waals surface area contributed by atoms with Crippen LogP contribution >= 0.6 is 0 Å². The Kier molecular flexibility index (Phi) is 6.03. The lowest BCUT2D eigenvalue weighted by Crippen LogP contribution is -2.22. The van der Waals surface area contributed by atoms with Crippen molar-refractivity contribution in [2.45, 2.75) is 26.2 Å². The van der Waals surface area contributed by atoms with Crippen LogP contribution in [0.15, 0.2) is 58.3 Å². The highest BCUT2D eigenvalue weighted by atomic mass is 32.2. The first-order valence-electron chi connectivity index (χ1n) is 9.65. The molecule has 0 aliphatic carbocycles. The average molecular weight is 440 g/mol. The highest BCUT2D eigenvalue weighted by Crippen LogP contribution is 2.29. The number of hydrogen-bond acceptors (Lipinski definition) is 4. The van der Waals surface area contributed by atoms with Gasteiger partial charge in [-0.2, -0.15) is 0 Å². The molecular formula is C23H25N3O4S. The molecule has 0 amide bonds. The van der Waals surface area contributed by atoms with Crippen LogP contribution < -0.4 is 16.0 Å². The van der Waals surface area contributed by atoms with Crippen molar-refractivity contribution < 1.29 is 8.42 Å². The molecule has 0 saturated heterocycles. The number of H-pyrrole nitrogens is 2. The van der Waals surface area contributed by atoms with Crippen LogP contribution in [0, 0.1) is 0 Å². The van der Waals surface area contributed by atoms with E-state index in [0.717, 1.165) is 22.9 Å². The molecule has 0 aliphatic rings. The summed E-state index contributed by atoms with van der Waals surface area (Å²) < 4.78 is 25.1. The van der Waals surface area contributed by atoms with Gasteiger partial charge in [0.15, 0.2) is 0 Å². The van der Waals surface area contributed by atoms with Crippen molar-refractivity contribution in [3.8, 4) is 11.1 Å². The molecule has 1 aromatic heterocycles. The van der Waals surface area contributed by atoms with Gasteiger partial charge in [-0.1, -0.05) is 57.2 Å². The van der Waals surface area contributed by atoms with Gasteiger partial charge in [-0.05, 0) is 45.9 Å². The maximum atomic E-state index is 12.3. The second-order valence-electron chi connectivity index (χ2n) is 8.41. The second-order valence-corrected chi connectivity index (χ2v) is 10.2. The maximum absolute atomic E-state index is 12.3. The van der Waals surface area contributed by atoms with Gasteiger partial charge in [-0.15, -0.1) is 0 Å². The van der Waals surface area contributed by atoms with E-state index in [1.54, 1.807) is 12.1 Å². The molecule has 3 aromatic rings. The highest BCUT2D eigenvalue weighted by molar-refractivity contribution is 7.92. The van der Waals surface area contributed by atoms with Crippen molar-refractivity contribution in [1.82, 2.24) is 9.97 Å². The van der Waals surface area contributed by atoms with E-state index < -0.39 is 21.3 Å². The van der Waals surface area contributed by atoms with E-state index in [4.69, 9.17) is 0 Å². The van der Waals surface area contributed by atoms with E-state index >= 15 is 0 Å². The fourth-order valence-electron chi connectivity index (χ4n) is 3.03. The smallest absolute Gasteiger partial charge is 0.313 e. The van der Waals surface area contributed by atoms with Crippen LogP contribution in [0.5, 0.6) is 0 Å². The van der Waals surface area contributed by atoms with Crippen LogP contribution in [0.4, 0.5) is 5.69 Å². The van der Waals surface area contributed by atoms with Crippen LogP contribution in [0.3, 0.4) is 0 Å². The first-order chi connectivity index (χ1) is 14.4. The van der Waals surface area contributed by atoms with Crippen LogP contribution in [0.2, 0.25) is 0 Å². The molecule has 0 aliphatic heterocycles. The SMILES string of the molecule is CC(C)(C)c1cc(C=Cc2ccc(NS(C)(=O)=O)cc2)cc(-c2c[nH]c(=O)[nH]c2=O)c1. The third-order valence-corrected chi connectivity index (χ3v) is 5.24. The third kappa shape index (κ3) is 6.05. The topological polar surface area (TPSA) is 112 Å². The van der Waals surface area contributed by atoms with Gasteiger partial charge in [0.25, 0.3) is 5.56 Å². The zero-order valence-electron chi connectivity index (χ0n) is 17.8.